The fraction of sp³-hybridized carbons (Fsp3) is 0.391. The molecule has 0 aromatic heterocycles. The first-order valence-corrected chi connectivity index (χ1v) is 9.66. The number of Topliss-reactive ketones (excluding diaryl/α,β-unsaturated/α-hetero) is 1. The number of allylic oxidation sites excluding steroid dienone is 6. The second-order valence-electron chi connectivity index (χ2n) is 7.69. The Balaban J connectivity index is 2.31. The van der Waals surface area contributed by atoms with Gasteiger partial charge in [-0.2, -0.15) is 0 Å². The van der Waals surface area contributed by atoms with E-state index >= 15 is 0 Å². The highest BCUT2D eigenvalue weighted by atomic mass is 35.5. The zero-order valence-corrected chi connectivity index (χ0v) is 17.7. The van der Waals surface area contributed by atoms with E-state index in [1.807, 2.05) is 45.1 Å². The molecule has 2 atom stereocenters. The minimum atomic E-state index is -0.341. The Morgan fingerprint density at radius 3 is 2.57 bits per heavy atom. The fourth-order valence-corrected chi connectivity index (χ4v) is 3.67. The number of aldehydes is 1. The van der Waals surface area contributed by atoms with Crippen LogP contribution >= 0.6 is 11.6 Å². The van der Waals surface area contributed by atoms with Crippen LogP contribution in [0.1, 0.15) is 55.6 Å². The predicted molar refractivity (Wildman–Crippen MR) is 112 cm³/mol. The monoisotopic (exact) mass is 402 g/mol. The maximum absolute atomic E-state index is 12.1. The SMILES string of the molecule is CC(C=C[C@@]1(C)C(C)=CCC(=O)[C@@H]1C)=CCc1c(O)c(Cl)c(C)c(C=O)c1O. The van der Waals surface area contributed by atoms with E-state index in [1.165, 1.54) is 5.57 Å². The van der Waals surface area contributed by atoms with Crippen LogP contribution in [-0.2, 0) is 11.2 Å². The zero-order valence-electron chi connectivity index (χ0n) is 17.0. The van der Waals surface area contributed by atoms with Crippen molar-refractivity contribution in [3.8, 4) is 11.5 Å². The molecular formula is C23H27ClO4. The van der Waals surface area contributed by atoms with Crippen LogP contribution in [-0.4, -0.2) is 22.3 Å². The Labute approximate surface area is 171 Å². The lowest BCUT2D eigenvalue weighted by molar-refractivity contribution is -0.124. The van der Waals surface area contributed by atoms with E-state index in [2.05, 4.69) is 6.92 Å². The van der Waals surface area contributed by atoms with E-state index < -0.39 is 0 Å². The van der Waals surface area contributed by atoms with E-state index in [9.17, 15) is 19.8 Å². The van der Waals surface area contributed by atoms with Gasteiger partial charge in [-0.3, -0.25) is 9.59 Å². The maximum atomic E-state index is 12.1. The summed E-state index contributed by atoms with van der Waals surface area (Å²) in [5.41, 5.74) is 2.38. The average molecular weight is 403 g/mol. The molecular weight excluding hydrogens is 376 g/mol. The van der Waals surface area contributed by atoms with Crippen LogP contribution in [0.25, 0.3) is 0 Å². The largest absolute Gasteiger partial charge is 0.507 e. The molecule has 0 spiro atoms. The summed E-state index contributed by atoms with van der Waals surface area (Å²) in [5, 5.41) is 20.7. The lowest BCUT2D eigenvalue weighted by Crippen LogP contribution is -2.33. The minimum absolute atomic E-state index is 0.0688. The number of rotatable bonds is 5. The Morgan fingerprint density at radius 2 is 1.96 bits per heavy atom. The third kappa shape index (κ3) is 3.93. The molecule has 1 aliphatic rings. The van der Waals surface area contributed by atoms with Gasteiger partial charge in [-0.25, -0.2) is 0 Å². The van der Waals surface area contributed by atoms with Gasteiger partial charge in [0.1, 0.15) is 17.3 Å². The van der Waals surface area contributed by atoms with Gasteiger partial charge < -0.3 is 10.2 Å². The van der Waals surface area contributed by atoms with Crippen LogP contribution in [0, 0.1) is 18.3 Å². The molecule has 0 fully saturated rings. The lowest BCUT2D eigenvalue weighted by atomic mass is 9.67. The summed E-state index contributed by atoms with van der Waals surface area (Å²) in [6.07, 6.45) is 9.03. The summed E-state index contributed by atoms with van der Waals surface area (Å²) in [5.74, 6) is -0.335. The van der Waals surface area contributed by atoms with Crippen LogP contribution in [0.4, 0.5) is 0 Å². The van der Waals surface area contributed by atoms with Crippen molar-refractivity contribution >= 4 is 23.7 Å². The van der Waals surface area contributed by atoms with Gasteiger partial charge in [0.2, 0.25) is 0 Å². The van der Waals surface area contributed by atoms with E-state index in [-0.39, 0.29) is 51.2 Å². The topological polar surface area (TPSA) is 74.6 Å². The fourth-order valence-electron chi connectivity index (χ4n) is 3.46. The van der Waals surface area contributed by atoms with E-state index in [1.54, 1.807) is 6.92 Å². The number of hydrogen-bond donors (Lipinski definition) is 2. The average Bonchev–Trinajstić information content (AvgIpc) is 2.66. The molecule has 1 aromatic carbocycles. The van der Waals surface area contributed by atoms with E-state index in [0.717, 1.165) is 5.57 Å². The van der Waals surface area contributed by atoms with Crippen molar-refractivity contribution in [3.63, 3.8) is 0 Å². The van der Waals surface area contributed by atoms with Crippen molar-refractivity contribution < 1.29 is 19.8 Å². The number of hydrogen-bond acceptors (Lipinski definition) is 4. The normalized spacial score (nSPS) is 23.2. The second-order valence-corrected chi connectivity index (χ2v) is 8.07. The van der Waals surface area contributed by atoms with E-state index in [4.69, 9.17) is 11.6 Å². The summed E-state index contributed by atoms with van der Waals surface area (Å²) >= 11 is 6.09. The predicted octanol–water partition coefficient (Wildman–Crippen LogP) is 5.48. The van der Waals surface area contributed by atoms with Gasteiger partial charge in [0.05, 0.1) is 10.6 Å². The molecule has 0 aliphatic heterocycles. The highest BCUT2D eigenvalue weighted by Gasteiger charge is 2.37. The van der Waals surface area contributed by atoms with Crippen molar-refractivity contribution in [1.29, 1.82) is 0 Å². The number of aromatic hydroxyl groups is 2. The number of benzene rings is 1. The Morgan fingerprint density at radius 1 is 1.32 bits per heavy atom. The molecule has 2 rings (SSSR count). The molecule has 0 unspecified atom stereocenters. The number of halogens is 1. The molecule has 0 bridgehead atoms. The summed E-state index contributed by atoms with van der Waals surface area (Å²) in [6.45, 7) is 9.52. The second kappa shape index (κ2) is 8.36. The van der Waals surface area contributed by atoms with Crippen LogP contribution < -0.4 is 0 Å². The van der Waals surface area contributed by atoms with Gasteiger partial charge in [-0.1, -0.05) is 60.9 Å². The van der Waals surface area contributed by atoms with Crippen LogP contribution in [0.5, 0.6) is 11.5 Å². The quantitative estimate of drug-likeness (QED) is 0.388. The lowest BCUT2D eigenvalue weighted by Gasteiger charge is -2.36. The highest BCUT2D eigenvalue weighted by Crippen LogP contribution is 2.42. The number of carbonyl (C=O) groups excluding carboxylic acids is 2. The van der Waals surface area contributed by atoms with Crippen molar-refractivity contribution in [1.82, 2.24) is 0 Å². The molecule has 1 aliphatic carbocycles. The van der Waals surface area contributed by atoms with Crippen molar-refractivity contribution in [2.75, 3.05) is 0 Å². The Kier molecular flexibility index (Phi) is 6.56. The summed E-state index contributed by atoms with van der Waals surface area (Å²) < 4.78 is 0. The molecule has 0 saturated heterocycles. The van der Waals surface area contributed by atoms with E-state index in [0.29, 0.717) is 18.3 Å². The standard InChI is InChI=1S/C23H27ClO4/c1-13(10-11-23(5)14(2)7-9-19(26)16(23)4)6-8-17-21(27)18(12-25)15(3)20(24)22(17)28/h6-7,10-12,16,27-28H,8-9H2,1-5H3/t16-,23-/m0/s1. The molecule has 28 heavy (non-hydrogen) atoms. The van der Waals surface area contributed by atoms with Crippen LogP contribution in [0.3, 0.4) is 0 Å². The molecule has 0 radical (unpaired) electrons. The van der Waals surface area contributed by atoms with Crippen molar-refractivity contribution in [3.05, 3.63) is 57.2 Å². The summed E-state index contributed by atoms with van der Waals surface area (Å²) in [6, 6.07) is 0. The van der Waals surface area contributed by atoms with Gasteiger partial charge in [0, 0.05) is 23.3 Å². The number of ketones is 1. The number of phenols is 2. The van der Waals surface area contributed by atoms with Crippen molar-refractivity contribution in [2.45, 2.75) is 47.5 Å². The minimum Gasteiger partial charge on any atom is -0.507 e. The number of carbonyl (C=O) groups is 2. The molecule has 0 saturated carbocycles. The summed E-state index contributed by atoms with van der Waals surface area (Å²) in [4.78, 5) is 23.4. The molecule has 0 heterocycles. The first-order chi connectivity index (χ1) is 13.0. The van der Waals surface area contributed by atoms with Crippen LogP contribution in [0.15, 0.2) is 35.5 Å². The molecule has 150 valence electrons. The Bertz CT molecular complexity index is 908. The smallest absolute Gasteiger partial charge is 0.154 e. The third-order valence-electron chi connectivity index (χ3n) is 6.05. The molecule has 0 amide bonds. The molecule has 4 nitrogen and oxygen atoms in total. The first kappa shape index (κ1) is 22.0. The van der Waals surface area contributed by atoms with Gasteiger partial charge in [-0.15, -0.1) is 0 Å². The summed E-state index contributed by atoms with van der Waals surface area (Å²) in [7, 11) is 0. The molecule has 2 N–H and O–H groups in total. The maximum Gasteiger partial charge on any atom is 0.154 e. The molecule has 5 heteroatoms. The zero-order chi connectivity index (χ0) is 21.2. The third-order valence-corrected chi connectivity index (χ3v) is 6.51. The van der Waals surface area contributed by atoms with Crippen LogP contribution in [0.2, 0.25) is 5.02 Å². The van der Waals surface area contributed by atoms with Gasteiger partial charge in [0.15, 0.2) is 6.29 Å². The van der Waals surface area contributed by atoms with Gasteiger partial charge >= 0.3 is 0 Å². The van der Waals surface area contributed by atoms with Crippen molar-refractivity contribution in [2.24, 2.45) is 11.3 Å². The number of phenolic OH excluding ortho intramolecular Hbond substituents is 2. The van der Waals surface area contributed by atoms with Gasteiger partial charge in [-0.05, 0) is 32.8 Å². The highest BCUT2D eigenvalue weighted by molar-refractivity contribution is 6.33. The van der Waals surface area contributed by atoms with Gasteiger partial charge in [0.25, 0.3) is 0 Å². The first-order valence-electron chi connectivity index (χ1n) is 9.28. The Hall–Kier alpha value is -2.33. The molecule has 1 aromatic rings.